The van der Waals surface area contributed by atoms with E-state index in [9.17, 15) is 19.6 Å². The van der Waals surface area contributed by atoms with E-state index in [0.717, 1.165) is 4.90 Å². The molecule has 1 fully saturated rings. The highest BCUT2D eigenvalue weighted by molar-refractivity contribution is 6.00. The minimum Gasteiger partial charge on any atom is -0.449 e. The molecule has 0 radical (unpaired) electrons. The molecule has 3 amide bonds. The number of nitriles is 1. The maximum atomic E-state index is 12.5. The first-order chi connectivity index (χ1) is 12.4. The summed E-state index contributed by atoms with van der Waals surface area (Å²) in [4.78, 5) is 37.3. The highest BCUT2D eigenvalue weighted by Crippen LogP contribution is 2.26. The Morgan fingerprint density at radius 2 is 2.08 bits per heavy atom. The lowest BCUT2D eigenvalue weighted by molar-refractivity contribution is -0.136. The number of carbonyl (C=O) groups excluding carboxylic acids is 3. The molecule has 0 bridgehead atoms. The monoisotopic (exact) mass is 356 g/mol. The Kier molecular flexibility index (Phi) is 4.49. The van der Waals surface area contributed by atoms with Crippen molar-refractivity contribution in [1.82, 2.24) is 14.8 Å². The Balaban J connectivity index is 1.83. The maximum Gasteiger partial charge on any atom is 0.343 e. The lowest BCUT2D eigenvalue weighted by Gasteiger charge is -2.18. The Morgan fingerprint density at radius 3 is 2.65 bits per heavy atom. The molecule has 0 spiro atoms. The first kappa shape index (κ1) is 17.3. The zero-order valence-electron chi connectivity index (χ0n) is 14.2. The van der Waals surface area contributed by atoms with E-state index in [-0.39, 0.29) is 29.3 Å². The lowest BCUT2D eigenvalue weighted by Crippen LogP contribution is -2.41. The first-order valence-electron chi connectivity index (χ1n) is 7.91. The highest BCUT2D eigenvalue weighted by Gasteiger charge is 2.33. The Morgan fingerprint density at radius 1 is 1.38 bits per heavy atom. The van der Waals surface area contributed by atoms with E-state index in [1.165, 1.54) is 13.8 Å². The Labute approximate surface area is 148 Å². The van der Waals surface area contributed by atoms with Crippen molar-refractivity contribution in [2.45, 2.75) is 20.0 Å². The summed E-state index contributed by atoms with van der Waals surface area (Å²) in [7, 11) is 0. The minimum absolute atomic E-state index is 0.0160. The van der Waals surface area contributed by atoms with Gasteiger partial charge < -0.3 is 14.5 Å². The molecule has 0 unspecified atom stereocenters. The third-order valence-electron chi connectivity index (χ3n) is 3.97. The number of aromatic nitrogens is 1. The third kappa shape index (κ3) is 2.93. The van der Waals surface area contributed by atoms with Crippen molar-refractivity contribution in [3.05, 3.63) is 41.4 Å². The van der Waals surface area contributed by atoms with Crippen molar-refractivity contribution in [2.75, 3.05) is 13.1 Å². The van der Waals surface area contributed by atoms with Crippen LogP contribution < -0.4 is 5.32 Å². The van der Waals surface area contributed by atoms with Crippen LogP contribution in [-0.4, -0.2) is 46.6 Å². The predicted molar refractivity (Wildman–Crippen MR) is 87.5 cm³/mol. The van der Waals surface area contributed by atoms with Gasteiger partial charge in [-0.1, -0.05) is 0 Å². The van der Waals surface area contributed by atoms with Crippen molar-refractivity contribution in [3.63, 3.8) is 0 Å². The molecule has 3 heterocycles. The molecular formula is C17H16N4O5. The number of aryl methyl sites for hydroxylation is 1. The fourth-order valence-electron chi connectivity index (χ4n) is 2.70. The summed E-state index contributed by atoms with van der Waals surface area (Å²) in [6.07, 6.45) is 2.17. The van der Waals surface area contributed by atoms with Gasteiger partial charge in [0.15, 0.2) is 6.10 Å². The van der Waals surface area contributed by atoms with Gasteiger partial charge in [-0.15, -0.1) is 0 Å². The summed E-state index contributed by atoms with van der Waals surface area (Å²) in [5.41, 5.74) is -0.0241. The van der Waals surface area contributed by atoms with Crippen LogP contribution in [-0.2, 0) is 9.53 Å². The van der Waals surface area contributed by atoms with E-state index in [1.54, 1.807) is 29.1 Å². The normalized spacial score (nSPS) is 14.7. The molecule has 1 N–H and O–H groups in total. The van der Waals surface area contributed by atoms with Crippen molar-refractivity contribution in [3.8, 4) is 12.0 Å². The number of carbonyl (C=O) groups is 3. The number of hydrogen-bond acceptors (Lipinski definition) is 6. The summed E-state index contributed by atoms with van der Waals surface area (Å²) < 4.78 is 12.3. The minimum atomic E-state index is -1.18. The van der Waals surface area contributed by atoms with Crippen molar-refractivity contribution < 1.29 is 23.5 Å². The van der Waals surface area contributed by atoms with Crippen LogP contribution in [0.5, 0.6) is 0 Å². The fourth-order valence-corrected chi connectivity index (χ4v) is 2.70. The average molecular weight is 356 g/mol. The molecule has 2 aromatic heterocycles. The molecule has 0 aromatic carbocycles. The van der Waals surface area contributed by atoms with E-state index < -0.39 is 24.0 Å². The van der Waals surface area contributed by atoms with E-state index in [2.05, 4.69) is 5.32 Å². The van der Waals surface area contributed by atoms with Gasteiger partial charge in [0.2, 0.25) is 5.88 Å². The van der Waals surface area contributed by atoms with Crippen LogP contribution in [0.3, 0.4) is 0 Å². The lowest BCUT2D eigenvalue weighted by atomic mass is 10.1. The maximum absolute atomic E-state index is 12.5. The van der Waals surface area contributed by atoms with Crippen LogP contribution in [0.25, 0.3) is 5.88 Å². The molecule has 9 heteroatoms. The second-order valence-corrected chi connectivity index (χ2v) is 5.68. The summed E-state index contributed by atoms with van der Waals surface area (Å²) in [5.74, 6) is -1.09. The number of urea groups is 1. The second-order valence-electron chi connectivity index (χ2n) is 5.68. The van der Waals surface area contributed by atoms with E-state index in [1.807, 2.05) is 6.07 Å². The number of ether oxygens (including phenoxy) is 1. The fraction of sp³-hybridized carbons (Fsp3) is 0.294. The zero-order chi connectivity index (χ0) is 18.8. The van der Waals surface area contributed by atoms with Crippen LogP contribution >= 0.6 is 0 Å². The van der Waals surface area contributed by atoms with Gasteiger partial charge in [-0.3, -0.25) is 14.3 Å². The first-order valence-corrected chi connectivity index (χ1v) is 7.91. The SMILES string of the molecule is Cc1oc(-n2cccc2)c(C#N)c1C(=O)O[C@H](C)C(=O)N1CCNC1=O. The molecule has 134 valence electrons. The van der Waals surface area contributed by atoms with Crippen LogP contribution in [0.1, 0.15) is 28.6 Å². The molecule has 3 rings (SSSR count). The molecule has 1 aliphatic rings. The second kappa shape index (κ2) is 6.76. The van der Waals surface area contributed by atoms with Gasteiger partial charge in [0.05, 0.1) is 0 Å². The van der Waals surface area contributed by atoms with Gasteiger partial charge in [0.1, 0.15) is 23.0 Å². The van der Waals surface area contributed by atoms with Gasteiger partial charge in [0.25, 0.3) is 5.91 Å². The molecule has 1 saturated heterocycles. The molecule has 0 saturated carbocycles. The van der Waals surface area contributed by atoms with Gasteiger partial charge in [0, 0.05) is 25.5 Å². The smallest absolute Gasteiger partial charge is 0.343 e. The molecule has 26 heavy (non-hydrogen) atoms. The molecule has 0 aliphatic carbocycles. The number of furan rings is 1. The summed E-state index contributed by atoms with van der Waals surface area (Å²) in [6, 6.07) is 4.92. The zero-order valence-corrected chi connectivity index (χ0v) is 14.2. The average Bonchev–Trinajstić information content (AvgIpc) is 3.33. The Hall–Kier alpha value is -3.54. The van der Waals surface area contributed by atoms with Gasteiger partial charge in [-0.05, 0) is 26.0 Å². The van der Waals surface area contributed by atoms with Crippen LogP contribution in [0.4, 0.5) is 4.79 Å². The third-order valence-corrected chi connectivity index (χ3v) is 3.97. The quantitative estimate of drug-likeness (QED) is 0.826. The number of esters is 1. The molecule has 9 nitrogen and oxygen atoms in total. The standard InChI is InChI=1S/C17H16N4O5/c1-10-13(12(9-18)15(25-10)20-6-3-4-7-20)16(23)26-11(2)14(22)21-8-5-19-17(21)24/h3-4,6-7,11H,5,8H2,1-2H3,(H,19,24)/t11-/m1/s1. The van der Waals surface area contributed by atoms with Crippen LogP contribution in [0.2, 0.25) is 0 Å². The number of hydrogen-bond donors (Lipinski definition) is 1. The number of nitrogens with one attached hydrogen (secondary N) is 1. The van der Waals surface area contributed by atoms with Gasteiger partial charge in [-0.25, -0.2) is 9.59 Å². The Bertz CT molecular complexity index is 906. The van der Waals surface area contributed by atoms with Gasteiger partial charge in [-0.2, -0.15) is 5.26 Å². The largest absolute Gasteiger partial charge is 0.449 e. The summed E-state index contributed by atoms with van der Waals surface area (Å²) >= 11 is 0. The molecule has 1 atom stereocenters. The summed E-state index contributed by atoms with van der Waals surface area (Å²) in [5, 5.41) is 12.0. The molecule has 2 aromatic rings. The van der Waals surface area contributed by atoms with E-state index in [4.69, 9.17) is 9.15 Å². The number of amides is 3. The summed E-state index contributed by atoms with van der Waals surface area (Å²) in [6.45, 7) is 3.47. The van der Waals surface area contributed by atoms with Crippen LogP contribution in [0.15, 0.2) is 28.9 Å². The topological polar surface area (TPSA) is 118 Å². The van der Waals surface area contributed by atoms with E-state index in [0.29, 0.717) is 6.54 Å². The predicted octanol–water partition coefficient (Wildman–Crippen LogP) is 1.35. The number of nitrogens with zero attached hydrogens (tertiary/aromatic N) is 3. The van der Waals surface area contributed by atoms with Crippen molar-refractivity contribution in [2.24, 2.45) is 0 Å². The van der Waals surface area contributed by atoms with E-state index >= 15 is 0 Å². The molecule has 1 aliphatic heterocycles. The molecular weight excluding hydrogens is 340 g/mol. The van der Waals surface area contributed by atoms with Gasteiger partial charge >= 0.3 is 12.0 Å². The van der Waals surface area contributed by atoms with Crippen molar-refractivity contribution >= 4 is 17.9 Å². The van der Waals surface area contributed by atoms with Crippen molar-refractivity contribution in [1.29, 1.82) is 5.26 Å². The van der Waals surface area contributed by atoms with Crippen LogP contribution in [0, 0.1) is 18.3 Å². The number of rotatable bonds is 4. The highest BCUT2D eigenvalue weighted by atomic mass is 16.5. The number of imide groups is 1.